The molecule has 3 aromatic carbocycles. The van der Waals surface area contributed by atoms with Gasteiger partial charge in [0, 0.05) is 19.7 Å². The summed E-state index contributed by atoms with van der Waals surface area (Å²) in [4.78, 5) is 4.81. The zero-order valence-electron chi connectivity index (χ0n) is 20.5. The summed E-state index contributed by atoms with van der Waals surface area (Å²) in [6.07, 6.45) is 2.41. The molecule has 1 heterocycles. The highest BCUT2D eigenvalue weighted by atomic mass is 32.2. The van der Waals surface area contributed by atoms with Crippen LogP contribution in [0.5, 0.6) is 11.5 Å². The third-order valence-electron chi connectivity index (χ3n) is 5.55. The minimum absolute atomic E-state index is 0.167. The van der Waals surface area contributed by atoms with Gasteiger partial charge in [0.15, 0.2) is 6.79 Å². The van der Waals surface area contributed by atoms with Crippen molar-refractivity contribution in [1.82, 2.24) is 9.55 Å². The summed E-state index contributed by atoms with van der Waals surface area (Å²) in [5.74, 6) is 1.71. The molecule has 0 saturated heterocycles. The summed E-state index contributed by atoms with van der Waals surface area (Å²) in [5.41, 5.74) is 3.72. The second kappa shape index (κ2) is 11.3. The van der Waals surface area contributed by atoms with Crippen LogP contribution in [-0.2, 0) is 27.7 Å². The Bertz CT molecular complexity index is 1380. The lowest BCUT2D eigenvalue weighted by molar-refractivity contribution is 0.0511. The lowest BCUT2D eigenvalue weighted by atomic mass is 10.1. The van der Waals surface area contributed by atoms with Crippen molar-refractivity contribution in [2.24, 2.45) is 0 Å². The molecule has 1 aromatic heterocycles. The van der Waals surface area contributed by atoms with Gasteiger partial charge in [0.2, 0.25) is 5.95 Å². The zero-order chi connectivity index (χ0) is 25.5. The average Bonchev–Trinajstić information content (AvgIpc) is 3.23. The lowest BCUT2D eigenvalue weighted by Crippen LogP contribution is -2.17. The largest absolute Gasteiger partial charge is 0.497 e. The van der Waals surface area contributed by atoms with E-state index in [1.165, 1.54) is 0 Å². The number of rotatable bonds is 11. The molecule has 4 rings (SSSR count). The van der Waals surface area contributed by atoms with E-state index in [0.717, 1.165) is 28.1 Å². The number of ether oxygens (including phenoxy) is 3. The highest BCUT2D eigenvalue weighted by Gasteiger charge is 2.19. The van der Waals surface area contributed by atoms with Crippen LogP contribution in [0.1, 0.15) is 22.4 Å². The molecular weight excluding hydrogens is 478 g/mol. The standard InChI is InChI=1S/C27H29N3O5S/c1-20-4-14-26(15-5-20)36(31,32)29-27-28-23(16-21-6-10-24(34-3)11-7-21)18-30(27)17-22-8-12-25(13-9-22)35-19-33-2/h4-15,18H,16-17,19H2,1-3H3,(H,28,29). The zero-order valence-corrected chi connectivity index (χ0v) is 21.3. The van der Waals surface area contributed by atoms with Gasteiger partial charge in [0.25, 0.3) is 10.0 Å². The number of benzene rings is 3. The maximum absolute atomic E-state index is 13.1. The summed E-state index contributed by atoms with van der Waals surface area (Å²) in [5, 5.41) is 0. The molecule has 0 spiro atoms. The van der Waals surface area contributed by atoms with Crippen molar-refractivity contribution in [1.29, 1.82) is 0 Å². The minimum Gasteiger partial charge on any atom is -0.497 e. The summed E-state index contributed by atoms with van der Waals surface area (Å²) in [7, 11) is -0.624. The van der Waals surface area contributed by atoms with Crippen molar-refractivity contribution >= 4 is 16.0 Å². The highest BCUT2D eigenvalue weighted by molar-refractivity contribution is 7.92. The van der Waals surface area contributed by atoms with Gasteiger partial charge < -0.3 is 18.8 Å². The van der Waals surface area contributed by atoms with Gasteiger partial charge >= 0.3 is 0 Å². The maximum atomic E-state index is 13.1. The smallest absolute Gasteiger partial charge is 0.264 e. The van der Waals surface area contributed by atoms with Gasteiger partial charge in [-0.05, 0) is 54.4 Å². The first-order valence-corrected chi connectivity index (χ1v) is 12.8. The van der Waals surface area contributed by atoms with E-state index in [2.05, 4.69) is 9.71 Å². The number of nitrogens with zero attached hydrogens (tertiary/aromatic N) is 2. The van der Waals surface area contributed by atoms with E-state index in [1.54, 1.807) is 43.1 Å². The van der Waals surface area contributed by atoms with Gasteiger partial charge in [-0.25, -0.2) is 18.1 Å². The number of aryl methyl sites for hydroxylation is 1. The Labute approximate surface area is 211 Å². The van der Waals surface area contributed by atoms with Crippen LogP contribution in [0, 0.1) is 6.92 Å². The van der Waals surface area contributed by atoms with Crippen molar-refractivity contribution in [3.05, 3.63) is 101 Å². The second-order valence-electron chi connectivity index (χ2n) is 8.32. The third-order valence-corrected chi connectivity index (χ3v) is 6.89. The molecule has 0 radical (unpaired) electrons. The van der Waals surface area contributed by atoms with E-state index in [4.69, 9.17) is 14.2 Å². The van der Waals surface area contributed by atoms with Crippen LogP contribution in [-0.4, -0.2) is 39.0 Å². The molecule has 9 heteroatoms. The van der Waals surface area contributed by atoms with Gasteiger partial charge in [-0.1, -0.05) is 42.0 Å². The van der Waals surface area contributed by atoms with Gasteiger partial charge in [-0.2, -0.15) is 0 Å². The van der Waals surface area contributed by atoms with E-state index in [1.807, 2.05) is 61.7 Å². The molecule has 0 aliphatic rings. The molecule has 8 nitrogen and oxygen atoms in total. The van der Waals surface area contributed by atoms with E-state index < -0.39 is 10.0 Å². The number of nitrogens with one attached hydrogen (secondary N) is 1. The second-order valence-corrected chi connectivity index (χ2v) is 10.0. The van der Waals surface area contributed by atoms with Crippen molar-refractivity contribution < 1.29 is 22.6 Å². The number of sulfonamides is 1. The molecule has 0 saturated carbocycles. The predicted octanol–water partition coefficient (Wildman–Crippen LogP) is 4.62. The molecule has 188 valence electrons. The molecule has 0 amide bonds. The summed E-state index contributed by atoms with van der Waals surface area (Å²) in [6.45, 7) is 2.50. The Morgan fingerprint density at radius 2 is 1.50 bits per heavy atom. The Kier molecular flexibility index (Phi) is 7.92. The predicted molar refractivity (Wildman–Crippen MR) is 138 cm³/mol. The van der Waals surface area contributed by atoms with Gasteiger partial charge in [-0.15, -0.1) is 0 Å². The van der Waals surface area contributed by atoms with Crippen LogP contribution in [0.3, 0.4) is 0 Å². The Morgan fingerprint density at radius 1 is 0.861 bits per heavy atom. The van der Waals surface area contributed by atoms with E-state index in [9.17, 15) is 8.42 Å². The van der Waals surface area contributed by atoms with E-state index >= 15 is 0 Å². The fourth-order valence-electron chi connectivity index (χ4n) is 3.62. The summed E-state index contributed by atoms with van der Waals surface area (Å²) in [6, 6.07) is 22.0. The fraction of sp³-hybridized carbons (Fsp3) is 0.222. The highest BCUT2D eigenvalue weighted by Crippen LogP contribution is 2.22. The first-order chi connectivity index (χ1) is 17.4. The molecular formula is C27H29N3O5S. The number of hydrogen-bond donors (Lipinski definition) is 1. The van der Waals surface area contributed by atoms with Gasteiger partial charge in [0.05, 0.1) is 24.2 Å². The lowest BCUT2D eigenvalue weighted by Gasteiger charge is -2.11. The van der Waals surface area contributed by atoms with Gasteiger partial charge in [-0.3, -0.25) is 0 Å². The Hall–Kier alpha value is -3.82. The normalized spacial score (nSPS) is 11.3. The number of anilines is 1. The SMILES string of the molecule is COCOc1ccc(Cn2cc(Cc3ccc(OC)cc3)nc2NS(=O)(=O)c2ccc(C)cc2)cc1. The van der Waals surface area contributed by atoms with Gasteiger partial charge in [0.1, 0.15) is 11.5 Å². The molecule has 4 aromatic rings. The molecule has 0 fully saturated rings. The summed E-state index contributed by atoms with van der Waals surface area (Å²) < 4.78 is 46.3. The number of imidazole rings is 1. The molecule has 0 unspecified atom stereocenters. The number of aromatic nitrogens is 2. The quantitative estimate of drug-likeness (QED) is 0.298. The Balaban J connectivity index is 1.61. The van der Waals surface area contributed by atoms with Crippen LogP contribution >= 0.6 is 0 Å². The van der Waals surface area contributed by atoms with Crippen molar-refractivity contribution in [2.75, 3.05) is 25.7 Å². The minimum atomic E-state index is -3.81. The summed E-state index contributed by atoms with van der Waals surface area (Å²) >= 11 is 0. The van der Waals surface area contributed by atoms with Crippen LogP contribution < -0.4 is 14.2 Å². The monoisotopic (exact) mass is 507 g/mol. The van der Waals surface area contributed by atoms with Crippen LogP contribution in [0.15, 0.2) is 83.9 Å². The van der Waals surface area contributed by atoms with E-state index in [0.29, 0.717) is 18.7 Å². The van der Waals surface area contributed by atoms with Crippen LogP contribution in [0.25, 0.3) is 0 Å². The molecule has 1 N–H and O–H groups in total. The molecule has 36 heavy (non-hydrogen) atoms. The van der Waals surface area contributed by atoms with Crippen molar-refractivity contribution in [2.45, 2.75) is 24.8 Å². The third kappa shape index (κ3) is 6.44. The number of hydrogen-bond acceptors (Lipinski definition) is 6. The van der Waals surface area contributed by atoms with Crippen LogP contribution in [0.2, 0.25) is 0 Å². The fourth-order valence-corrected chi connectivity index (χ4v) is 4.64. The van der Waals surface area contributed by atoms with Crippen molar-refractivity contribution in [3.63, 3.8) is 0 Å². The van der Waals surface area contributed by atoms with Crippen LogP contribution in [0.4, 0.5) is 5.95 Å². The number of methoxy groups -OCH3 is 2. The molecule has 0 bridgehead atoms. The first kappa shape index (κ1) is 25.3. The molecule has 0 aliphatic heterocycles. The average molecular weight is 508 g/mol. The Morgan fingerprint density at radius 3 is 2.14 bits per heavy atom. The van der Waals surface area contributed by atoms with E-state index in [-0.39, 0.29) is 17.6 Å². The molecule has 0 aliphatic carbocycles. The topological polar surface area (TPSA) is 91.7 Å². The maximum Gasteiger partial charge on any atom is 0.264 e. The molecule has 0 atom stereocenters. The van der Waals surface area contributed by atoms with Crippen molar-refractivity contribution in [3.8, 4) is 11.5 Å². The first-order valence-electron chi connectivity index (χ1n) is 11.4.